The van der Waals surface area contributed by atoms with Crippen molar-refractivity contribution in [3.8, 4) is 0 Å². The molecular weight excluding hydrogens is 303 g/mol. The molecule has 0 saturated carbocycles. The first kappa shape index (κ1) is 14.9. The van der Waals surface area contributed by atoms with Crippen molar-refractivity contribution in [2.24, 2.45) is 0 Å². The summed E-state index contributed by atoms with van der Waals surface area (Å²) in [6.45, 7) is 0. The number of hydrogen-bond donors (Lipinski definition) is 2. The van der Waals surface area contributed by atoms with Gasteiger partial charge in [-0.05, 0) is 23.8 Å². The fourth-order valence-electron chi connectivity index (χ4n) is 1.64. The molecule has 3 nitrogen and oxygen atoms in total. The fraction of sp³-hybridized carbons (Fsp3) is 0.0714. The van der Waals surface area contributed by atoms with Gasteiger partial charge in [-0.2, -0.15) is 0 Å². The Morgan fingerprint density at radius 3 is 2.28 bits per heavy atom. The third kappa shape index (κ3) is 4.24. The number of aliphatic carboxylic acids is 1. The summed E-state index contributed by atoms with van der Waals surface area (Å²) < 4.78 is 0. The minimum absolute atomic E-state index is 0. The van der Waals surface area contributed by atoms with E-state index in [4.69, 9.17) is 5.11 Å². The zero-order valence-corrected chi connectivity index (χ0v) is 12.7. The number of carbonyl (C=O) groups is 1. The van der Waals surface area contributed by atoms with Crippen molar-refractivity contribution in [1.29, 1.82) is 0 Å². The second-order valence-corrected chi connectivity index (χ2v) is 3.72. The first-order valence-electron chi connectivity index (χ1n) is 5.37. The SMILES string of the molecule is O=C(O)Cc1ccccc1Nc1ccccc1.[Y]. The molecular formula is C14H13NO2Y. The zero-order valence-electron chi connectivity index (χ0n) is 9.84. The molecule has 1 radical (unpaired) electrons. The Bertz CT molecular complexity index is 514. The van der Waals surface area contributed by atoms with Gasteiger partial charge in [-0.15, -0.1) is 0 Å². The molecule has 2 rings (SSSR count). The van der Waals surface area contributed by atoms with Gasteiger partial charge in [0.25, 0.3) is 0 Å². The fourth-order valence-corrected chi connectivity index (χ4v) is 1.64. The first-order valence-corrected chi connectivity index (χ1v) is 5.37. The third-order valence-corrected chi connectivity index (χ3v) is 2.41. The van der Waals surface area contributed by atoms with Gasteiger partial charge in [-0.3, -0.25) is 4.79 Å². The molecule has 0 amide bonds. The standard InChI is InChI=1S/C14H13NO2.Y/c16-14(17)10-11-6-4-5-9-13(11)15-12-7-2-1-3-8-12;/h1-9,15H,10H2,(H,16,17);. The van der Waals surface area contributed by atoms with E-state index >= 15 is 0 Å². The molecule has 0 aliphatic rings. The summed E-state index contributed by atoms with van der Waals surface area (Å²) in [5.74, 6) is -0.827. The van der Waals surface area contributed by atoms with Gasteiger partial charge in [0, 0.05) is 44.1 Å². The second-order valence-electron chi connectivity index (χ2n) is 3.72. The summed E-state index contributed by atoms with van der Waals surface area (Å²) in [5.41, 5.74) is 2.57. The molecule has 2 aromatic rings. The molecule has 0 aliphatic heterocycles. The van der Waals surface area contributed by atoms with Crippen molar-refractivity contribution >= 4 is 17.3 Å². The van der Waals surface area contributed by atoms with Crippen molar-refractivity contribution in [3.05, 3.63) is 60.2 Å². The maximum Gasteiger partial charge on any atom is 0.307 e. The number of anilines is 2. The number of benzene rings is 2. The van der Waals surface area contributed by atoms with Crippen LogP contribution in [0.1, 0.15) is 5.56 Å². The Balaban J connectivity index is 0.00000162. The van der Waals surface area contributed by atoms with Crippen LogP contribution in [0.4, 0.5) is 11.4 Å². The summed E-state index contributed by atoms with van der Waals surface area (Å²) in [7, 11) is 0. The van der Waals surface area contributed by atoms with Gasteiger partial charge in [0.05, 0.1) is 6.42 Å². The normalized spacial score (nSPS) is 9.33. The number of carboxylic acids is 1. The molecule has 2 aromatic carbocycles. The molecule has 0 saturated heterocycles. The van der Waals surface area contributed by atoms with E-state index in [0.29, 0.717) is 0 Å². The molecule has 0 atom stereocenters. The smallest absolute Gasteiger partial charge is 0.307 e. The number of carboxylic acid groups (broad SMARTS) is 1. The van der Waals surface area contributed by atoms with Gasteiger partial charge < -0.3 is 10.4 Å². The Hall–Kier alpha value is -1.19. The summed E-state index contributed by atoms with van der Waals surface area (Å²) in [4.78, 5) is 10.7. The van der Waals surface area contributed by atoms with E-state index in [1.165, 1.54) is 0 Å². The van der Waals surface area contributed by atoms with Crippen molar-refractivity contribution < 1.29 is 42.6 Å². The van der Waals surface area contributed by atoms with Crippen LogP contribution in [0.3, 0.4) is 0 Å². The van der Waals surface area contributed by atoms with Gasteiger partial charge in [-0.1, -0.05) is 36.4 Å². The van der Waals surface area contributed by atoms with Gasteiger partial charge in [0.15, 0.2) is 0 Å². The molecule has 18 heavy (non-hydrogen) atoms. The van der Waals surface area contributed by atoms with Crippen LogP contribution >= 0.6 is 0 Å². The number of nitrogens with one attached hydrogen (secondary N) is 1. The number of para-hydroxylation sites is 2. The van der Waals surface area contributed by atoms with Gasteiger partial charge in [0.2, 0.25) is 0 Å². The molecule has 0 heterocycles. The van der Waals surface area contributed by atoms with Crippen molar-refractivity contribution in [2.75, 3.05) is 5.32 Å². The van der Waals surface area contributed by atoms with E-state index in [0.717, 1.165) is 16.9 Å². The summed E-state index contributed by atoms with van der Waals surface area (Å²) >= 11 is 0. The van der Waals surface area contributed by atoms with E-state index in [1.807, 2.05) is 54.6 Å². The average molecular weight is 316 g/mol. The summed E-state index contributed by atoms with van der Waals surface area (Å²) in [6.07, 6.45) is 0.0238. The quantitative estimate of drug-likeness (QED) is 0.911. The van der Waals surface area contributed by atoms with Crippen molar-refractivity contribution in [2.45, 2.75) is 6.42 Å². The van der Waals surface area contributed by atoms with E-state index in [-0.39, 0.29) is 39.1 Å². The van der Waals surface area contributed by atoms with Crippen LogP contribution in [-0.2, 0) is 43.9 Å². The van der Waals surface area contributed by atoms with Crippen molar-refractivity contribution in [3.63, 3.8) is 0 Å². The maximum atomic E-state index is 10.7. The van der Waals surface area contributed by atoms with Crippen LogP contribution in [0.15, 0.2) is 54.6 Å². The monoisotopic (exact) mass is 316 g/mol. The van der Waals surface area contributed by atoms with E-state index in [2.05, 4.69) is 5.32 Å². The molecule has 89 valence electrons. The Morgan fingerprint density at radius 2 is 1.61 bits per heavy atom. The van der Waals surface area contributed by atoms with Gasteiger partial charge in [0.1, 0.15) is 0 Å². The molecule has 2 N–H and O–H groups in total. The van der Waals surface area contributed by atoms with Crippen LogP contribution < -0.4 is 5.32 Å². The number of rotatable bonds is 4. The van der Waals surface area contributed by atoms with Crippen LogP contribution in [0.5, 0.6) is 0 Å². The summed E-state index contributed by atoms with van der Waals surface area (Å²) in [5, 5.41) is 12.0. The van der Waals surface area contributed by atoms with Crippen LogP contribution in [0.2, 0.25) is 0 Å². The predicted molar refractivity (Wildman–Crippen MR) is 67.5 cm³/mol. The van der Waals surface area contributed by atoms with E-state index in [1.54, 1.807) is 0 Å². The largest absolute Gasteiger partial charge is 0.481 e. The topological polar surface area (TPSA) is 49.3 Å². The van der Waals surface area contributed by atoms with Crippen molar-refractivity contribution in [1.82, 2.24) is 0 Å². The second kappa shape index (κ2) is 7.29. The van der Waals surface area contributed by atoms with E-state index < -0.39 is 5.97 Å². The minimum Gasteiger partial charge on any atom is -0.481 e. The van der Waals surface area contributed by atoms with Crippen LogP contribution in [0.25, 0.3) is 0 Å². The molecule has 4 heteroatoms. The minimum atomic E-state index is -0.827. The molecule has 0 unspecified atom stereocenters. The maximum absolute atomic E-state index is 10.7. The average Bonchev–Trinajstić information content (AvgIpc) is 2.32. The predicted octanol–water partition coefficient (Wildman–Crippen LogP) is 3.05. The molecule has 0 fully saturated rings. The Labute approximate surface area is 131 Å². The third-order valence-electron chi connectivity index (χ3n) is 2.41. The molecule has 0 aliphatic carbocycles. The molecule has 0 bridgehead atoms. The van der Waals surface area contributed by atoms with E-state index in [9.17, 15) is 4.79 Å². The van der Waals surface area contributed by atoms with Gasteiger partial charge in [-0.25, -0.2) is 0 Å². The Kier molecular flexibility index (Phi) is 6.03. The van der Waals surface area contributed by atoms with Crippen LogP contribution in [0, 0.1) is 0 Å². The molecule has 0 spiro atoms. The number of hydrogen-bond acceptors (Lipinski definition) is 2. The summed E-state index contributed by atoms with van der Waals surface area (Å²) in [6, 6.07) is 17.1. The molecule has 0 aromatic heterocycles. The van der Waals surface area contributed by atoms with Crippen LogP contribution in [-0.4, -0.2) is 11.1 Å². The Morgan fingerprint density at radius 1 is 1.00 bits per heavy atom. The zero-order chi connectivity index (χ0) is 12.1. The first-order chi connectivity index (χ1) is 8.25. The van der Waals surface area contributed by atoms with Gasteiger partial charge >= 0.3 is 5.97 Å².